The number of benzene rings is 1. The van der Waals surface area contributed by atoms with E-state index in [0.717, 1.165) is 4.90 Å². The van der Waals surface area contributed by atoms with Crippen LogP contribution in [0.15, 0.2) is 29.2 Å². The Hall–Kier alpha value is -0.670. The molecule has 0 saturated carbocycles. The molecule has 0 aliphatic rings. The second-order valence-corrected chi connectivity index (χ2v) is 4.38. The lowest BCUT2D eigenvalue weighted by Crippen LogP contribution is -2.22. The first-order chi connectivity index (χ1) is 6.11. The Balaban J connectivity index is 2.74. The van der Waals surface area contributed by atoms with Gasteiger partial charge in [-0.05, 0) is 19.1 Å². The van der Waals surface area contributed by atoms with E-state index in [1.165, 1.54) is 11.8 Å². The summed E-state index contributed by atoms with van der Waals surface area (Å²) in [7, 11) is 0. The second kappa shape index (κ2) is 4.53. The zero-order valence-electron chi connectivity index (χ0n) is 7.16. The molecule has 1 amide bonds. The Labute approximate surface area is 86.5 Å². The van der Waals surface area contributed by atoms with E-state index >= 15 is 0 Å². The Bertz CT molecular complexity index is 316. The largest absolute Gasteiger partial charge is 0.369 e. The molecule has 1 unspecified atom stereocenters. The van der Waals surface area contributed by atoms with E-state index in [1.807, 2.05) is 18.2 Å². The Kier molecular flexibility index (Phi) is 3.63. The minimum Gasteiger partial charge on any atom is -0.369 e. The number of carbonyl (C=O) groups is 1. The van der Waals surface area contributed by atoms with Crippen LogP contribution in [0.5, 0.6) is 0 Å². The average Bonchev–Trinajstić information content (AvgIpc) is 2.08. The van der Waals surface area contributed by atoms with Crippen LogP contribution in [0.1, 0.15) is 6.92 Å². The number of primary amides is 1. The molecule has 1 atom stereocenters. The summed E-state index contributed by atoms with van der Waals surface area (Å²) in [4.78, 5) is 11.7. The summed E-state index contributed by atoms with van der Waals surface area (Å²) < 4.78 is 0. The van der Waals surface area contributed by atoms with Crippen LogP contribution in [-0.2, 0) is 4.79 Å². The molecule has 13 heavy (non-hydrogen) atoms. The molecule has 0 saturated heterocycles. The van der Waals surface area contributed by atoms with Gasteiger partial charge in [-0.1, -0.05) is 23.7 Å². The molecule has 0 aromatic heterocycles. The standard InChI is InChI=1S/C9H10ClNOS/c1-6(9(11)12)13-8-5-3-2-4-7(8)10/h2-6H,1H3,(H2,11,12). The minimum atomic E-state index is -0.329. The van der Waals surface area contributed by atoms with E-state index in [1.54, 1.807) is 13.0 Å². The maximum Gasteiger partial charge on any atom is 0.230 e. The van der Waals surface area contributed by atoms with E-state index < -0.39 is 0 Å². The lowest BCUT2D eigenvalue weighted by Gasteiger charge is -2.07. The topological polar surface area (TPSA) is 43.1 Å². The molecule has 0 aliphatic heterocycles. The predicted molar refractivity (Wildman–Crippen MR) is 56.0 cm³/mol. The van der Waals surface area contributed by atoms with Crippen molar-refractivity contribution in [3.63, 3.8) is 0 Å². The molecule has 1 aromatic rings. The van der Waals surface area contributed by atoms with Crippen molar-refractivity contribution in [3.05, 3.63) is 29.3 Å². The van der Waals surface area contributed by atoms with Crippen molar-refractivity contribution >= 4 is 29.3 Å². The molecule has 1 rings (SSSR count). The van der Waals surface area contributed by atoms with Crippen molar-refractivity contribution in [2.75, 3.05) is 0 Å². The highest BCUT2D eigenvalue weighted by molar-refractivity contribution is 8.00. The van der Waals surface area contributed by atoms with Crippen LogP contribution in [0.2, 0.25) is 5.02 Å². The van der Waals surface area contributed by atoms with Crippen LogP contribution in [0.4, 0.5) is 0 Å². The minimum absolute atomic E-state index is 0.250. The summed E-state index contributed by atoms with van der Waals surface area (Å²) in [5, 5.41) is 0.403. The Morgan fingerprint density at radius 2 is 2.15 bits per heavy atom. The van der Waals surface area contributed by atoms with Gasteiger partial charge < -0.3 is 5.73 Å². The van der Waals surface area contributed by atoms with Gasteiger partial charge in [0.2, 0.25) is 5.91 Å². The van der Waals surface area contributed by atoms with Crippen molar-refractivity contribution in [1.29, 1.82) is 0 Å². The molecule has 2 N–H and O–H groups in total. The second-order valence-electron chi connectivity index (χ2n) is 2.59. The fraction of sp³-hybridized carbons (Fsp3) is 0.222. The van der Waals surface area contributed by atoms with Gasteiger partial charge >= 0.3 is 0 Å². The first-order valence-electron chi connectivity index (χ1n) is 3.81. The number of halogens is 1. The van der Waals surface area contributed by atoms with Gasteiger partial charge in [0.25, 0.3) is 0 Å². The summed E-state index contributed by atoms with van der Waals surface area (Å²) in [5.74, 6) is -0.329. The predicted octanol–water partition coefficient (Wildman–Crippen LogP) is 2.31. The normalized spacial score (nSPS) is 12.5. The molecule has 0 fully saturated rings. The fourth-order valence-electron chi connectivity index (χ4n) is 0.789. The third-order valence-corrected chi connectivity index (χ3v) is 3.18. The van der Waals surface area contributed by atoms with Crippen LogP contribution in [0, 0.1) is 0 Å². The van der Waals surface area contributed by atoms with Gasteiger partial charge in [0, 0.05) is 4.90 Å². The number of hydrogen-bond donors (Lipinski definition) is 1. The van der Waals surface area contributed by atoms with Crippen molar-refractivity contribution in [1.82, 2.24) is 0 Å². The van der Waals surface area contributed by atoms with Gasteiger partial charge in [-0.3, -0.25) is 4.79 Å². The Morgan fingerprint density at radius 3 is 2.69 bits per heavy atom. The van der Waals surface area contributed by atoms with Gasteiger partial charge in [-0.25, -0.2) is 0 Å². The maximum absolute atomic E-state index is 10.8. The number of hydrogen-bond acceptors (Lipinski definition) is 2. The van der Waals surface area contributed by atoms with Gasteiger partial charge in [0.15, 0.2) is 0 Å². The van der Waals surface area contributed by atoms with Crippen molar-refractivity contribution in [2.24, 2.45) is 5.73 Å². The van der Waals surface area contributed by atoms with Gasteiger partial charge in [-0.2, -0.15) is 0 Å². The first kappa shape index (κ1) is 10.4. The number of rotatable bonds is 3. The monoisotopic (exact) mass is 215 g/mol. The summed E-state index contributed by atoms with van der Waals surface area (Å²) in [5.41, 5.74) is 5.13. The number of carbonyl (C=O) groups excluding carboxylic acids is 1. The van der Waals surface area contributed by atoms with E-state index in [0.29, 0.717) is 5.02 Å². The van der Waals surface area contributed by atoms with Gasteiger partial charge in [0.1, 0.15) is 0 Å². The van der Waals surface area contributed by atoms with Crippen LogP contribution in [0.25, 0.3) is 0 Å². The van der Waals surface area contributed by atoms with Crippen molar-refractivity contribution < 1.29 is 4.79 Å². The van der Waals surface area contributed by atoms with Gasteiger partial charge in [-0.15, -0.1) is 11.8 Å². The van der Waals surface area contributed by atoms with E-state index in [9.17, 15) is 4.79 Å². The molecule has 4 heteroatoms. The number of amides is 1. The van der Waals surface area contributed by atoms with Crippen molar-refractivity contribution in [2.45, 2.75) is 17.1 Å². The smallest absolute Gasteiger partial charge is 0.230 e. The highest BCUT2D eigenvalue weighted by Crippen LogP contribution is 2.29. The first-order valence-corrected chi connectivity index (χ1v) is 5.07. The summed E-state index contributed by atoms with van der Waals surface area (Å²) in [6.07, 6.45) is 0. The molecule has 2 nitrogen and oxygen atoms in total. The summed E-state index contributed by atoms with van der Waals surface area (Å²) >= 11 is 7.27. The molecule has 1 aromatic carbocycles. The third kappa shape index (κ3) is 2.94. The highest BCUT2D eigenvalue weighted by Gasteiger charge is 2.11. The zero-order chi connectivity index (χ0) is 9.84. The fourth-order valence-corrected chi connectivity index (χ4v) is 1.89. The number of nitrogens with two attached hydrogens (primary N) is 1. The quantitative estimate of drug-likeness (QED) is 0.787. The Morgan fingerprint density at radius 1 is 1.54 bits per heavy atom. The third-order valence-electron chi connectivity index (χ3n) is 1.54. The molecule has 0 radical (unpaired) electrons. The molecule has 70 valence electrons. The van der Waals surface area contributed by atoms with E-state index in [-0.39, 0.29) is 11.2 Å². The molecule has 0 aliphatic carbocycles. The van der Waals surface area contributed by atoms with E-state index in [4.69, 9.17) is 17.3 Å². The summed E-state index contributed by atoms with van der Waals surface area (Å²) in [6, 6.07) is 7.38. The van der Waals surface area contributed by atoms with Crippen LogP contribution in [-0.4, -0.2) is 11.2 Å². The molecule has 0 bridgehead atoms. The van der Waals surface area contributed by atoms with E-state index in [2.05, 4.69) is 0 Å². The number of thioether (sulfide) groups is 1. The lowest BCUT2D eigenvalue weighted by molar-refractivity contribution is -0.117. The van der Waals surface area contributed by atoms with Crippen LogP contribution in [0.3, 0.4) is 0 Å². The highest BCUT2D eigenvalue weighted by atomic mass is 35.5. The average molecular weight is 216 g/mol. The lowest BCUT2D eigenvalue weighted by atomic mass is 10.4. The zero-order valence-corrected chi connectivity index (χ0v) is 8.73. The van der Waals surface area contributed by atoms with Crippen LogP contribution >= 0.6 is 23.4 Å². The van der Waals surface area contributed by atoms with Gasteiger partial charge in [0.05, 0.1) is 10.3 Å². The molecule has 0 heterocycles. The molecule has 0 spiro atoms. The maximum atomic E-state index is 10.8. The SMILES string of the molecule is CC(Sc1ccccc1Cl)C(N)=O. The van der Waals surface area contributed by atoms with Crippen LogP contribution < -0.4 is 5.73 Å². The van der Waals surface area contributed by atoms with Crippen molar-refractivity contribution in [3.8, 4) is 0 Å². The molecular formula is C9H10ClNOS. The summed E-state index contributed by atoms with van der Waals surface area (Å²) in [6.45, 7) is 1.76. The molecular weight excluding hydrogens is 206 g/mol.